The van der Waals surface area contributed by atoms with Crippen LogP contribution in [0.25, 0.3) is 0 Å². The minimum absolute atomic E-state index is 0.0475. The summed E-state index contributed by atoms with van der Waals surface area (Å²) in [6, 6.07) is 18.3. The Morgan fingerprint density at radius 1 is 1.00 bits per heavy atom. The monoisotopic (exact) mass is 392 g/mol. The van der Waals surface area contributed by atoms with Crippen LogP contribution in [0.1, 0.15) is 46.9 Å². The summed E-state index contributed by atoms with van der Waals surface area (Å²) in [6.07, 6.45) is 0.250. The molecular formula is C23H28N4O2. The molecule has 0 fully saturated rings. The molecule has 0 saturated carbocycles. The fraction of sp³-hybridized carbons (Fsp3) is 0.348. The van der Waals surface area contributed by atoms with Crippen LogP contribution in [0.2, 0.25) is 0 Å². The average molecular weight is 393 g/mol. The first-order valence-electron chi connectivity index (χ1n) is 9.78. The molecule has 1 N–H and O–H groups in total. The Morgan fingerprint density at radius 2 is 1.69 bits per heavy atom. The van der Waals surface area contributed by atoms with E-state index < -0.39 is 0 Å². The topological polar surface area (TPSA) is 71.3 Å². The lowest BCUT2D eigenvalue weighted by molar-refractivity contribution is -0.121. The van der Waals surface area contributed by atoms with Gasteiger partial charge in [-0.15, -0.1) is 10.2 Å². The van der Waals surface area contributed by atoms with Gasteiger partial charge in [0.2, 0.25) is 17.7 Å². The van der Waals surface area contributed by atoms with Crippen molar-refractivity contribution in [1.82, 2.24) is 20.4 Å². The van der Waals surface area contributed by atoms with E-state index in [0.717, 1.165) is 5.56 Å². The summed E-state index contributed by atoms with van der Waals surface area (Å²) in [6.45, 7) is 4.35. The lowest BCUT2D eigenvalue weighted by Gasteiger charge is -2.25. The van der Waals surface area contributed by atoms with Crippen LogP contribution < -0.4 is 5.32 Å². The first kappa shape index (κ1) is 20.7. The molecule has 0 aliphatic heterocycles. The number of nitrogens with one attached hydrogen (secondary N) is 1. The van der Waals surface area contributed by atoms with E-state index in [1.165, 1.54) is 11.1 Å². The van der Waals surface area contributed by atoms with Gasteiger partial charge in [0, 0.05) is 19.9 Å². The van der Waals surface area contributed by atoms with E-state index in [-0.39, 0.29) is 24.3 Å². The summed E-state index contributed by atoms with van der Waals surface area (Å²) in [7, 11) is 4.04. The number of rotatable bonds is 8. The third kappa shape index (κ3) is 5.51. The molecule has 3 rings (SSSR count). The second kappa shape index (κ2) is 9.47. The van der Waals surface area contributed by atoms with Gasteiger partial charge in [0.1, 0.15) is 0 Å². The molecule has 0 aliphatic carbocycles. The molecule has 152 valence electrons. The molecule has 0 aliphatic rings. The zero-order chi connectivity index (χ0) is 20.8. The van der Waals surface area contributed by atoms with Crippen molar-refractivity contribution in [3.8, 4) is 0 Å². The van der Waals surface area contributed by atoms with Gasteiger partial charge in [-0.3, -0.25) is 4.79 Å². The highest BCUT2D eigenvalue weighted by molar-refractivity contribution is 5.77. The Bertz CT molecular complexity index is 920. The van der Waals surface area contributed by atoms with E-state index in [2.05, 4.69) is 51.6 Å². The van der Waals surface area contributed by atoms with Gasteiger partial charge < -0.3 is 14.6 Å². The van der Waals surface area contributed by atoms with Gasteiger partial charge in [-0.2, -0.15) is 0 Å². The summed E-state index contributed by atoms with van der Waals surface area (Å²) in [5.74, 6) is 0.642. The lowest BCUT2D eigenvalue weighted by Crippen LogP contribution is -2.35. The quantitative estimate of drug-likeness (QED) is 0.634. The van der Waals surface area contributed by atoms with Crippen molar-refractivity contribution in [2.75, 3.05) is 20.6 Å². The fourth-order valence-corrected chi connectivity index (χ4v) is 3.34. The first-order valence-corrected chi connectivity index (χ1v) is 9.78. The SMILES string of the molecule is Cc1ccc(C(CNC(=O)CC(c2ccccc2)c2nnc(C)o2)N(C)C)cc1. The molecular weight excluding hydrogens is 364 g/mol. The predicted octanol–water partition coefficient (Wildman–Crippen LogP) is 3.63. The van der Waals surface area contributed by atoms with E-state index >= 15 is 0 Å². The van der Waals surface area contributed by atoms with Crippen molar-refractivity contribution in [3.05, 3.63) is 83.1 Å². The highest BCUT2D eigenvalue weighted by Gasteiger charge is 2.24. The molecule has 0 saturated heterocycles. The van der Waals surface area contributed by atoms with Crippen molar-refractivity contribution >= 4 is 5.91 Å². The largest absolute Gasteiger partial charge is 0.425 e. The molecule has 0 bridgehead atoms. The molecule has 2 atom stereocenters. The number of nitrogens with zero attached hydrogens (tertiary/aromatic N) is 3. The number of carbonyl (C=O) groups is 1. The number of carbonyl (C=O) groups excluding carboxylic acids is 1. The number of aromatic nitrogens is 2. The van der Waals surface area contributed by atoms with Crippen molar-refractivity contribution in [3.63, 3.8) is 0 Å². The second-order valence-corrected chi connectivity index (χ2v) is 7.52. The zero-order valence-corrected chi connectivity index (χ0v) is 17.4. The molecule has 1 amide bonds. The van der Waals surface area contributed by atoms with Gasteiger partial charge in [-0.25, -0.2) is 0 Å². The second-order valence-electron chi connectivity index (χ2n) is 7.52. The fourth-order valence-electron chi connectivity index (χ4n) is 3.34. The van der Waals surface area contributed by atoms with E-state index in [1.54, 1.807) is 6.92 Å². The van der Waals surface area contributed by atoms with Crippen LogP contribution >= 0.6 is 0 Å². The molecule has 3 aromatic rings. The molecule has 2 unspecified atom stereocenters. The molecule has 6 nitrogen and oxygen atoms in total. The van der Waals surface area contributed by atoms with Crippen molar-refractivity contribution in [2.24, 2.45) is 0 Å². The maximum Gasteiger partial charge on any atom is 0.224 e. The summed E-state index contributed by atoms with van der Waals surface area (Å²) < 4.78 is 5.63. The number of benzene rings is 2. The van der Waals surface area contributed by atoms with E-state index in [0.29, 0.717) is 18.3 Å². The minimum atomic E-state index is -0.269. The van der Waals surface area contributed by atoms with Gasteiger partial charge in [-0.05, 0) is 32.1 Å². The van der Waals surface area contributed by atoms with Gasteiger partial charge in [0.25, 0.3) is 0 Å². The van der Waals surface area contributed by atoms with Gasteiger partial charge in [0.15, 0.2) is 0 Å². The Kier molecular flexibility index (Phi) is 6.77. The van der Waals surface area contributed by atoms with Crippen LogP contribution in [0.5, 0.6) is 0 Å². The van der Waals surface area contributed by atoms with Crippen LogP contribution in [-0.2, 0) is 4.79 Å². The van der Waals surface area contributed by atoms with Gasteiger partial charge in [0.05, 0.1) is 12.0 Å². The number of hydrogen-bond acceptors (Lipinski definition) is 5. The summed E-state index contributed by atoms with van der Waals surface area (Å²) in [4.78, 5) is 14.9. The van der Waals surface area contributed by atoms with Crippen LogP contribution in [0.15, 0.2) is 59.0 Å². The van der Waals surface area contributed by atoms with Crippen molar-refractivity contribution in [2.45, 2.75) is 32.2 Å². The molecule has 1 aromatic heterocycles. The van der Waals surface area contributed by atoms with Crippen LogP contribution in [0.3, 0.4) is 0 Å². The van der Waals surface area contributed by atoms with E-state index in [1.807, 2.05) is 44.4 Å². The normalized spacial score (nSPS) is 13.3. The number of amides is 1. The summed E-state index contributed by atoms with van der Waals surface area (Å²) >= 11 is 0. The number of aryl methyl sites for hydroxylation is 2. The van der Waals surface area contributed by atoms with Crippen LogP contribution in [0, 0.1) is 13.8 Å². The van der Waals surface area contributed by atoms with Crippen LogP contribution in [-0.4, -0.2) is 41.6 Å². The summed E-state index contributed by atoms with van der Waals surface area (Å²) in [5, 5.41) is 11.2. The predicted molar refractivity (Wildman–Crippen MR) is 113 cm³/mol. The third-order valence-corrected chi connectivity index (χ3v) is 5.01. The van der Waals surface area contributed by atoms with Crippen LogP contribution in [0.4, 0.5) is 0 Å². The smallest absolute Gasteiger partial charge is 0.224 e. The van der Waals surface area contributed by atoms with Crippen molar-refractivity contribution in [1.29, 1.82) is 0 Å². The highest BCUT2D eigenvalue weighted by atomic mass is 16.4. The van der Waals surface area contributed by atoms with Crippen molar-refractivity contribution < 1.29 is 9.21 Å². The Hall–Kier alpha value is -2.99. The molecule has 29 heavy (non-hydrogen) atoms. The number of likely N-dealkylation sites (N-methyl/N-ethyl adjacent to an activating group) is 1. The third-order valence-electron chi connectivity index (χ3n) is 5.01. The minimum Gasteiger partial charge on any atom is -0.425 e. The Labute approximate surface area is 172 Å². The number of hydrogen-bond donors (Lipinski definition) is 1. The lowest BCUT2D eigenvalue weighted by atomic mass is 9.95. The first-order chi connectivity index (χ1) is 13.9. The van der Waals surface area contributed by atoms with E-state index in [4.69, 9.17) is 4.42 Å². The Balaban J connectivity index is 1.70. The standard InChI is InChI=1S/C23H28N4O2/c1-16-10-12-19(13-11-16)21(27(3)4)15-24-22(28)14-20(18-8-6-5-7-9-18)23-26-25-17(2)29-23/h5-13,20-21H,14-15H2,1-4H3,(H,24,28). The van der Waals surface area contributed by atoms with E-state index in [9.17, 15) is 4.79 Å². The molecule has 6 heteroatoms. The molecule has 1 heterocycles. The maximum absolute atomic E-state index is 12.8. The van der Waals surface area contributed by atoms with Gasteiger partial charge >= 0.3 is 0 Å². The zero-order valence-electron chi connectivity index (χ0n) is 17.4. The molecule has 2 aromatic carbocycles. The highest BCUT2D eigenvalue weighted by Crippen LogP contribution is 2.27. The average Bonchev–Trinajstić information content (AvgIpc) is 3.14. The maximum atomic E-state index is 12.8. The summed E-state index contributed by atoms with van der Waals surface area (Å²) in [5.41, 5.74) is 3.37. The molecule has 0 radical (unpaired) electrons. The Morgan fingerprint density at radius 3 is 2.28 bits per heavy atom. The molecule has 0 spiro atoms. The van der Waals surface area contributed by atoms with Gasteiger partial charge in [-0.1, -0.05) is 60.2 Å².